The summed E-state index contributed by atoms with van der Waals surface area (Å²) in [5.41, 5.74) is 0.949. The number of hydrogen-bond acceptors (Lipinski definition) is 2. The molecule has 1 aliphatic rings. The molecule has 0 aliphatic carbocycles. The molecule has 0 unspecified atom stereocenters. The molecule has 2 rings (SSSR count). The standard InChI is InChI=1S/C15H19Cl3N2/c1-2-3-4-13(20-9-7-19-8-10-20)14-11(16)5-6-12(17)15(14)18/h2,5-6,13,19H,1,3-4,7-10H2/t13-/m0/s1. The van der Waals surface area contributed by atoms with Crippen LogP contribution in [-0.2, 0) is 0 Å². The highest BCUT2D eigenvalue weighted by Crippen LogP contribution is 2.40. The predicted octanol–water partition coefficient (Wildman–Crippen LogP) is 4.56. The number of piperazine rings is 1. The van der Waals surface area contributed by atoms with E-state index in [1.165, 1.54) is 0 Å². The quantitative estimate of drug-likeness (QED) is 0.628. The molecular formula is C15H19Cl3N2. The summed E-state index contributed by atoms with van der Waals surface area (Å²) in [6.07, 6.45) is 3.80. The highest BCUT2D eigenvalue weighted by Gasteiger charge is 2.26. The minimum Gasteiger partial charge on any atom is -0.314 e. The molecule has 0 amide bonds. The van der Waals surface area contributed by atoms with Gasteiger partial charge < -0.3 is 5.32 Å². The molecule has 1 aromatic carbocycles. The molecule has 0 aromatic heterocycles. The van der Waals surface area contributed by atoms with E-state index in [1.54, 1.807) is 6.07 Å². The molecule has 0 radical (unpaired) electrons. The van der Waals surface area contributed by atoms with Gasteiger partial charge in [-0.15, -0.1) is 6.58 Å². The fraction of sp³-hybridized carbons (Fsp3) is 0.467. The van der Waals surface area contributed by atoms with Crippen molar-refractivity contribution in [1.82, 2.24) is 10.2 Å². The molecule has 20 heavy (non-hydrogen) atoms. The summed E-state index contributed by atoms with van der Waals surface area (Å²) in [6, 6.07) is 3.76. The van der Waals surface area contributed by atoms with Gasteiger partial charge in [0.1, 0.15) is 0 Å². The number of hydrogen-bond donors (Lipinski definition) is 1. The maximum absolute atomic E-state index is 6.41. The van der Waals surface area contributed by atoms with Gasteiger partial charge in [0.2, 0.25) is 0 Å². The van der Waals surface area contributed by atoms with E-state index < -0.39 is 0 Å². The number of allylic oxidation sites excluding steroid dienone is 1. The maximum Gasteiger partial charge on any atom is 0.0655 e. The second-order valence-electron chi connectivity index (χ2n) is 4.92. The SMILES string of the molecule is C=CCC[C@@H](c1c(Cl)ccc(Cl)c1Cl)N1CCNCC1. The third-order valence-corrected chi connectivity index (χ3v) is 4.80. The molecule has 1 aromatic rings. The van der Waals surface area contributed by atoms with Gasteiger partial charge in [0.05, 0.1) is 10.0 Å². The first-order chi connectivity index (χ1) is 9.65. The molecule has 110 valence electrons. The van der Waals surface area contributed by atoms with Crippen LogP contribution in [0.4, 0.5) is 0 Å². The summed E-state index contributed by atoms with van der Waals surface area (Å²) in [4.78, 5) is 2.42. The Hall–Kier alpha value is -0.250. The molecule has 1 saturated heterocycles. The van der Waals surface area contributed by atoms with Crippen molar-refractivity contribution < 1.29 is 0 Å². The van der Waals surface area contributed by atoms with Gasteiger partial charge in [-0.3, -0.25) is 4.90 Å². The minimum atomic E-state index is 0.189. The lowest BCUT2D eigenvalue weighted by atomic mass is 9.99. The van der Waals surface area contributed by atoms with Gasteiger partial charge in [0.25, 0.3) is 0 Å². The van der Waals surface area contributed by atoms with E-state index >= 15 is 0 Å². The van der Waals surface area contributed by atoms with Crippen LogP contribution in [0, 0.1) is 0 Å². The third kappa shape index (κ3) is 3.69. The minimum absolute atomic E-state index is 0.189. The van der Waals surface area contributed by atoms with Gasteiger partial charge in [0, 0.05) is 42.8 Å². The second kappa shape index (κ2) is 7.67. The molecule has 0 saturated carbocycles. The molecule has 0 spiro atoms. The van der Waals surface area contributed by atoms with Crippen LogP contribution in [0.25, 0.3) is 0 Å². The molecule has 1 heterocycles. The Morgan fingerprint density at radius 1 is 1.20 bits per heavy atom. The zero-order valence-corrected chi connectivity index (χ0v) is 13.6. The average molecular weight is 334 g/mol. The van der Waals surface area contributed by atoms with Gasteiger partial charge in [0.15, 0.2) is 0 Å². The Kier molecular flexibility index (Phi) is 6.19. The van der Waals surface area contributed by atoms with Crippen molar-refractivity contribution in [1.29, 1.82) is 0 Å². The van der Waals surface area contributed by atoms with Crippen LogP contribution in [-0.4, -0.2) is 31.1 Å². The lowest BCUT2D eigenvalue weighted by molar-refractivity contribution is 0.166. The van der Waals surface area contributed by atoms with Gasteiger partial charge >= 0.3 is 0 Å². The number of rotatable bonds is 5. The number of benzene rings is 1. The summed E-state index contributed by atoms with van der Waals surface area (Å²) in [7, 11) is 0. The van der Waals surface area contributed by atoms with Crippen LogP contribution in [0.2, 0.25) is 15.1 Å². The zero-order valence-electron chi connectivity index (χ0n) is 11.3. The van der Waals surface area contributed by atoms with E-state index in [-0.39, 0.29) is 6.04 Å². The lowest BCUT2D eigenvalue weighted by Crippen LogP contribution is -2.45. The first kappa shape index (κ1) is 16.1. The van der Waals surface area contributed by atoms with Gasteiger partial charge in [-0.25, -0.2) is 0 Å². The third-order valence-electron chi connectivity index (χ3n) is 3.65. The van der Waals surface area contributed by atoms with Crippen molar-refractivity contribution in [3.63, 3.8) is 0 Å². The normalized spacial score (nSPS) is 17.9. The molecule has 2 nitrogen and oxygen atoms in total. The molecular weight excluding hydrogens is 315 g/mol. The summed E-state index contributed by atoms with van der Waals surface area (Å²) in [5.74, 6) is 0. The van der Waals surface area contributed by atoms with Crippen LogP contribution in [0.15, 0.2) is 24.8 Å². The largest absolute Gasteiger partial charge is 0.314 e. The Morgan fingerprint density at radius 2 is 1.85 bits per heavy atom. The van der Waals surface area contributed by atoms with Crippen molar-refractivity contribution >= 4 is 34.8 Å². The molecule has 1 atom stereocenters. The maximum atomic E-state index is 6.41. The van der Waals surface area contributed by atoms with Crippen LogP contribution >= 0.6 is 34.8 Å². The van der Waals surface area contributed by atoms with Gasteiger partial charge in [-0.2, -0.15) is 0 Å². The van der Waals surface area contributed by atoms with Crippen molar-refractivity contribution in [2.75, 3.05) is 26.2 Å². The smallest absolute Gasteiger partial charge is 0.0655 e. The van der Waals surface area contributed by atoms with Gasteiger partial charge in [-0.05, 0) is 25.0 Å². The Labute approximate surface area is 135 Å². The molecule has 1 fully saturated rings. The highest BCUT2D eigenvalue weighted by atomic mass is 35.5. The second-order valence-corrected chi connectivity index (χ2v) is 6.12. The first-order valence-corrected chi connectivity index (χ1v) is 7.97. The highest BCUT2D eigenvalue weighted by molar-refractivity contribution is 6.44. The first-order valence-electron chi connectivity index (χ1n) is 6.84. The molecule has 5 heteroatoms. The van der Waals surface area contributed by atoms with Crippen molar-refractivity contribution in [2.24, 2.45) is 0 Å². The Morgan fingerprint density at radius 3 is 2.50 bits per heavy atom. The van der Waals surface area contributed by atoms with E-state index in [4.69, 9.17) is 34.8 Å². The van der Waals surface area contributed by atoms with Crippen LogP contribution in [0.1, 0.15) is 24.4 Å². The van der Waals surface area contributed by atoms with E-state index in [0.717, 1.165) is 44.6 Å². The lowest BCUT2D eigenvalue weighted by Gasteiger charge is -2.36. The van der Waals surface area contributed by atoms with E-state index in [9.17, 15) is 0 Å². The Balaban J connectivity index is 2.34. The van der Waals surface area contributed by atoms with Crippen LogP contribution in [0.5, 0.6) is 0 Å². The topological polar surface area (TPSA) is 15.3 Å². The summed E-state index contributed by atoms with van der Waals surface area (Å²) < 4.78 is 0. The molecule has 1 aliphatic heterocycles. The van der Waals surface area contributed by atoms with E-state index in [1.807, 2.05) is 12.1 Å². The zero-order chi connectivity index (χ0) is 14.5. The predicted molar refractivity (Wildman–Crippen MR) is 88.1 cm³/mol. The Bertz CT molecular complexity index is 470. The summed E-state index contributed by atoms with van der Waals surface area (Å²) in [6.45, 7) is 7.76. The number of nitrogens with zero attached hydrogens (tertiary/aromatic N) is 1. The monoisotopic (exact) mass is 332 g/mol. The number of halogens is 3. The van der Waals surface area contributed by atoms with Crippen LogP contribution < -0.4 is 5.32 Å². The van der Waals surface area contributed by atoms with E-state index in [2.05, 4.69) is 16.8 Å². The molecule has 1 N–H and O–H groups in total. The van der Waals surface area contributed by atoms with Crippen molar-refractivity contribution in [3.05, 3.63) is 45.4 Å². The summed E-state index contributed by atoms with van der Waals surface area (Å²) in [5, 5.41) is 5.19. The van der Waals surface area contributed by atoms with Gasteiger partial charge in [-0.1, -0.05) is 40.9 Å². The van der Waals surface area contributed by atoms with Crippen molar-refractivity contribution in [2.45, 2.75) is 18.9 Å². The van der Waals surface area contributed by atoms with Crippen molar-refractivity contribution in [3.8, 4) is 0 Å². The fourth-order valence-corrected chi connectivity index (χ4v) is 3.41. The fourth-order valence-electron chi connectivity index (χ4n) is 2.63. The average Bonchev–Trinajstić information content (AvgIpc) is 2.47. The molecule has 0 bridgehead atoms. The van der Waals surface area contributed by atoms with Crippen LogP contribution in [0.3, 0.4) is 0 Å². The summed E-state index contributed by atoms with van der Waals surface area (Å²) >= 11 is 19.0. The van der Waals surface area contributed by atoms with E-state index in [0.29, 0.717) is 15.1 Å². The number of nitrogens with one attached hydrogen (secondary N) is 1.